The second kappa shape index (κ2) is 5.24. The summed E-state index contributed by atoms with van der Waals surface area (Å²) in [7, 11) is 1.32. The first kappa shape index (κ1) is 12.7. The van der Waals surface area contributed by atoms with Gasteiger partial charge in [-0.05, 0) is 0 Å². The molecular formula is C11H17N3O4. The maximum Gasteiger partial charge on any atom is 0.317 e. The number of amides is 3. The van der Waals surface area contributed by atoms with Crippen molar-refractivity contribution in [2.45, 2.75) is 6.42 Å². The minimum Gasteiger partial charge on any atom is -0.469 e. The van der Waals surface area contributed by atoms with Gasteiger partial charge in [0.25, 0.3) is 0 Å². The van der Waals surface area contributed by atoms with Crippen LogP contribution in [-0.4, -0.2) is 67.5 Å². The smallest absolute Gasteiger partial charge is 0.317 e. The van der Waals surface area contributed by atoms with E-state index < -0.39 is 0 Å². The Bertz CT molecular complexity index is 371. The van der Waals surface area contributed by atoms with E-state index in [4.69, 9.17) is 0 Å². The zero-order valence-corrected chi connectivity index (χ0v) is 10.3. The highest BCUT2D eigenvalue weighted by Gasteiger charge is 2.35. The maximum absolute atomic E-state index is 11.7. The van der Waals surface area contributed by atoms with Gasteiger partial charge in [-0.3, -0.25) is 9.59 Å². The van der Waals surface area contributed by atoms with Gasteiger partial charge in [-0.1, -0.05) is 0 Å². The number of carbonyl (C=O) groups excluding carboxylic acids is 3. The minimum absolute atomic E-state index is 0.0509. The number of hydrogen-bond donors (Lipinski definition) is 1. The molecule has 1 N–H and O–H groups in total. The molecule has 100 valence electrons. The van der Waals surface area contributed by atoms with Crippen LogP contribution < -0.4 is 5.32 Å². The van der Waals surface area contributed by atoms with Crippen molar-refractivity contribution in [2.75, 3.05) is 39.8 Å². The fourth-order valence-corrected chi connectivity index (χ4v) is 2.28. The Labute approximate surface area is 105 Å². The van der Waals surface area contributed by atoms with Gasteiger partial charge in [0.15, 0.2) is 0 Å². The first-order valence-electron chi connectivity index (χ1n) is 6.00. The Morgan fingerprint density at radius 2 is 2.11 bits per heavy atom. The fraction of sp³-hybridized carbons (Fsp3) is 0.727. The maximum atomic E-state index is 11.7. The van der Waals surface area contributed by atoms with Crippen molar-refractivity contribution < 1.29 is 19.1 Å². The molecule has 7 nitrogen and oxygen atoms in total. The molecule has 0 aromatic heterocycles. The quantitative estimate of drug-likeness (QED) is 0.656. The van der Waals surface area contributed by atoms with Crippen LogP contribution in [0.25, 0.3) is 0 Å². The second-order valence-electron chi connectivity index (χ2n) is 4.48. The molecule has 3 amide bonds. The van der Waals surface area contributed by atoms with Crippen molar-refractivity contribution in [2.24, 2.45) is 5.92 Å². The van der Waals surface area contributed by atoms with Crippen LogP contribution in [0.1, 0.15) is 6.42 Å². The van der Waals surface area contributed by atoms with Gasteiger partial charge in [-0.2, -0.15) is 0 Å². The largest absolute Gasteiger partial charge is 0.469 e. The molecule has 7 heteroatoms. The zero-order valence-electron chi connectivity index (χ0n) is 10.3. The molecule has 0 aromatic carbocycles. The molecule has 2 heterocycles. The number of rotatable bonds is 4. The van der Waals surface area contributed by atoms with Crippen LogP contribution in [-0.2, 0) is 14.3 Å². The van der Waals surface area contributed by atoms with Crippen molar-refractivity contribution in [3.8, 4) is 0 Å². The summed E-state index contributed by atoms with van der Waals surface area (Å²) in [5.41, 5.74) is 0. The van der Waals surface area contributed by atoms with E-state index in [-0.39, 0.29) is 30.2 Å². The Morgan fingerprint density at radius 3 is 2.72 bits per heavy atom. The highest BCUT2D eigenvalue weighted by Crippen LogP contribution is 2.18. The Balaban J connectivity index is 1.81. The molecule has 1 atom stereocenters. The molecule has 2 fully saturated rings. The molecule has 2 saturated heterocycles. The monoisotopic (exact) mass is 255 g/mol. The molecule has 0 bridgehead atoms. The number of urea groups is 1. The van der Waals surface area contributed by atoms with E-state index in [2.05, 4.69) is 10.1 Å². The van der Waals surface area contributed by atoms with Crippen molar-refractivity contribution in [1.29, 1.82) is 0 Å². The van der Waals surface area contributed by atoms with Gasteiger partial charge in [0.05, 0.1) is 13.0 Å². The summed E-state index contributed by atoms with van der Waals surface area (Å²) in [5, 5.41) is 2.70. The van der Waals surface area contributed by atoms with Crippen LogP contribution in [0, 0.1) is 5.92 Å². The summed E-state index contributed by atoms with van der Waals surface area (Å²) >= 11 is 0. The molecule has 0 radical (unpaired) electrons. The van der Waals surface area contributed by atoms with E-state index in [9.17, 15) is 14.4 Å². The minimum atomic E-state index is -0.366. The third kappa shape index (κ3) is 2.55. The van der Waals surface area contributed by atoms with Crippen LogP contribution in [0.5, 0.6) is 0 Å². The lowest BCUT2D eigenvalue weighted by atomic mass is 10.1. The van der Waals surface area contributed by atoms with Crippen LogP contribution in [0.15, 0.2) is 0 Å². The zero-order chi connectivity index (χ0) is 13.1. The normalized spacial score (nSPS) is 23.5. The van der Waals surface area contributed by atoms with Gasteiger partial charge in [-0.15, -0.1) is 0 Å². The topological polar surface area (TPSA) is 79.0 Å². The van der Waals surface area contributed by atoms with E-state index in [1.807, 2.05) is 0 Å². The number of ether oxygens (including phenoxy) is 1. The standard InChI is InChI=1S/C11H17N3O4/c1-18-10(16)8-6-9(15)14(7-8)5-4-13-3-2-12-11(13)17/h8H,2-7H2,1H3,(H,12,17). The van der Waals surface area contributed by atoms with E-state index in [0.717, 1.165) is 0 Å². The number of carbonyl (C=O) groups is 3. The molecule has 0 aromatic rings. The van der Waals surface area contributed by atoms with E-state index in [1.54, 1.807) is 9.80 Å². The number of nitrogens with one attached hydrogen (secondary N) is 1. The van der Waals surface area contributed by atoms with E-state index in [0.29, 0.717) is 32.7 Å². The summed E-state index contributed by atoms with van der Waals surface area (Å²) < 4.78 is 4.63. The van der Waals surface area contributed by atoms with Gasteiger partial charge in [0.2, 0.25) is 5.91 Å². The third-order valence-electron chi connectivity index (χ3n) is 3.33. The highest BCUT2D eigenvalue weighted by molar-refractivity contribution is 5.86. The lowest BCUT2D eigenvalue weighted by molar-refractivity contribution is -0.145. The Hall–Kier alpha value is -1.79. The number of likely N-dealkylation sites (tertiary alicyclic amines) is 1. The summed E-state index contributed by atoms with van der Waals surface area (Å²) in [5.74, 6) is -0.760. The van der Waals surface area contributed by atoms with E-state index in [1.165, 1.54) is 7.11 Å². The Kier molecular flexibility index (Phi) is 3.69. The lowest BCUT2D eigenvalue weighted by Crippen LogP contribution is -2.38. The molecule has 0 saturated carbocycles. The van der Waals surface area contributed by atoms with Crippen molar-refractivity contribution >= 4 is 17.9 Å². The molecular weight excluding hydrogens is 238 g/mol. The Morgan fingerprint density at radius 1 is 1.39 bits per heavy atom. The van der Waals surface area contributed by atoms with Crippen LogP contribution in [0.2, 0.25) is 0 Å². The molecule has 2 aliphatic heterocycles. The van der Waals surface area contributed by atoms with Crippen LogP contribution in [0.3, 0.4) is 0 Å². The third-order valence-corrected chi connectivity index (χ3v) is 3.33. The molecule has 0 aliphatic carbocycles. The van der Waals surface area contributed by atoms with Crippen molar-refractivity contribution in [3.63, 3.8) is 0 Å². The van der Waals surface area contributed by atoms with Crippen LogP contribution >= 0.6 is 0 Å². The first-order chi connectivity index (χ1) is 8.61. The summed E-state index contributed by atoms with van der Waals surface area (Å²) in [6, 6.07) is -0.0915. The molecule has 2 rings (SSSR count). The lowest BCUT2D eigenvalue weighted by Gasteiger charge is -2.20. The summed E-state index contributed by atoms with van der Waals surface area (Å²) in [6.07, 6.45) is 0.207. The summed E-state index contributed by atoms with van der Waals surface area (Å²) in [6.45, 7) is 2.69. The van der Waals surface area contributed by atoms with Gasteiger partial charge in [0.1, 0.15) is 0 Å². The van der Waals surface area contributed by atoms with Crippen molar-refractivity contribution in [1.82, 2.24) is 15.1 Å². The number of methoxy groups -OCH3 is 1. The second-order valence-corrected chi connectivity index (χ2v) is 4.48. The predicted octanol–water partition coefficient (Wildman–Crippen LogP) is -0.967. The van der Waals surface area contributed by atoms with Gasteiger partial charge >= 0.3 is 12.0 Å². The molecule has 2 aliphatic rings. The first-order valence-corrected chi connectivity index (χ1v) is 6.00. The average Bonchev–Trinajstić information content (AvgIpc) is 2.92. The predicted molar refractivity (Wildman–Crippen MR) is 61.7 cm³/mol. The van der Waals surface area contributed by atoms with Gasteiger partial charge < -0.3 is 19.9 Å². The fourth-order valence-electron chi connectivity index (χ4n) is 2.28. The number of hydrogen-bond acceptors (Lipinski definition) is 4. The SMILES string of the molecule is COC(=O)C1CC(=O)N(CCN2CCNC2=O)C1. The van der Waals surface area contributed by atoms with Gasteiger partial charge in [0, 0.05) is 39.1 Å². The molecule has 18 heavy (non-hydrogen) atoms. The summed E-state index contributed by atoms with van der Waals surface area (Å²) in [4.78, 5) is 37.6. The molecule has 1 unspecified atom stereocenters. The number of esters is 1. The number of nitrogens with zero attached hydrogens (tertiary/aromatic N) is 2. The highest BCUT2D eigenvalue weighted by atomic mass is 16.5. The van der Waals surface area contributed by atoms with Gasteiger partial charge in [-0.25, -0.2) is 4.79 Å². The average molecular weight is 255 g/mol. The molecule has 0 spiro atoms. The van der Waals surface area contributed by atoms with Crippen molar-refractivity contribution in [3.05, 3.63) is 0 Å². The van der Waals surface area contributed by atoms with Crippen LogP contribution in [0.4, 0.5) is 4.79 Å². The van der Waals surface area contributed by atoms with E-state index >= 15 is 0 Å².